The minimum Gasteiger partial charge on any atom is -0.352 e. The Bertz CT molecular complexity index is 713. The molecule has 2 aliphatic heterocycles. The third-order valence-electron chi connectivity index (χ3n) is 4.21. The molecule has 1 aromatic rings. The lowest BCUT2D eigenvalue weighted by molar-refractivity contribution is -0.137. The molecule has 2 heterocycles. The summed E-state index contributed by atoms with van der Waals surface area (Å²) in [4.78, 5) is 48.5. The predicted molar refractivity (Wildman–Crippen MR) is 80.0 cm³/mol. The number of carbonyl (C=O) groups is 4. The standard InChI is InChI=1S/C16H17N3O4/c1-9(20)17-7-10-3-2-4-11-12(10)8-19(16(11)23)13-5-6-14(21)18-15(13)22/h2-4,13H,5-8H2,1H3,(H,17,20)(H,18,21,22). The van der Waals surface area contributed by atoms with Gasteiger partial charge in [0.2, 0.25) is 17.7 Å². The summed E-state index contributed by atoms with van der Waals surface area (Å²) >= 11 is 0. The van der Waals surface area contributed by atoms with Gasteiger partial charge in [0.25, 0.3) is 5.91 Å². The van der Waals surface area contributed by atoms with E-state index in [0.29, 0.717) is 25.1 Å². The summed E-state index contributed by atoms with van der Waals surface area (Å²) in [7, 11) is 0. The van der Waals surface area contributed by atoms with Gasteiger partial charge in [-0.1, -0.05) is 12.1 Å². The fourth-order valence-electron chi connectivity index (χ4n) is 3.04. The molecule has 7 heteroatoms. The topological polar surface area (TPSA) is 95.6 Å². The van der Waals surface area contributed by atoms with Crippen molar-refractivity contribution in [3.63, 3.8) is 0 Å². The largest absolute Gasteiger partial charge is 0.352 e. The molecule has 2 N–H and O–H groups in total. The number of piperidine rings is 1. The highest BCUT2D eigenvalue weighted by molar-refractivity contribution is 6.05. The molecule has 1 aromatic carbocycles. The first-order valence-corrected chi connectivity index (χ1v) is 7.47. The lowest BCUT2D eigenvalue weighted by Gasteiger charge is -2.29. The number of fused-ring (bicyclic) bond motifs is 1. The molecule has 0 spiro atoms. The highest BCUT2D eigenvalue weighted by Crippen LogP contribution is 2.29. The van der Waals surface area contributed by atoms with Crippen molar-refractivity contribution in [2.45, 2.75) is 38.9 Å². The van der Waals surface area contributed by atoms with E-state index in [4.69, 9.17) is 0 Å². The van der Waals surface area contributed by atoms with E-state index in [1.165, 1.54) is 11.8 Å². The Morgan fingerprint density at radius 2 is 2.13 bits per heavy atom. The first-order valence-electron chi connectivity index (χ1n) is 7.47. The summed E-state index contributed by atoms with van der Waals surface area (Å²) in [6, 6.07) is 4.72. The summed E-state index contributed by atoms with van der Waals surface area (Å²) in [5.41, 5.74) is 2.24. The molecule has 23 heavy (non-hydrogen) atoms. The molecule has 0 aromatic heterocycles. The van der Waals surface area contributed by atoms with Gasteiger partial charge in [0.05, 0.1) is 0 Å². The van der Waals surface area contributed by atoms with E-state index in [1.54, 1.807) is 12.1 Å². The van der Waals surface area contributed by atoms with Crippen molar-refractivity contribution in [2.75, 3.05) is 0 Å². The number of imide groups is 1. The minimum atomic E-state index is -0.624. The van der Waals surface area contributed by atoms with Gasteiger partial charge in [-0.3, -0.25) is 24.5 Å². The van der Waals surface area contributed by atoms with Gasteiger partial charge in [0.15, 0.2) is 0 Å². The molecule has 0 saturated carbocycles. The lowest BCUT2D eigenvalue weighted by atomic mass is 10.0. The van der Waals surface area contributed by atoms with Crippen LogP contribution in [0.15, 0.2) is 18.2 Å². The van der Waals surface area contributed by atoms with Crippen LogP contribution in [0, 0.1) is 0 Å². The maximum absolute atomic E-state index is 12.6. The maximum atomic E-state index is 12.6. The van der Waals surface area contributed by atoms with Crippen LogP contribution < -0.4 is 10.6 Å². The number of hydrogen-bond donors (Lipinski definition) is 2. The van der Waals surface area contributed by atoms with Crippen molar-refractivity contribution in [1.82, 2.24) is 15.5 Å². The second-order valence-electron chi connectivity index (χ2n) is 5.75. The summed E-state index contributed by atoms with van der Waals surface area (Å²) in [6.07, 6.45) is 0.570. The summed E-state index contributed by atoms with van der Waals surface area (Å²) < 4.78 is 0. The van der Waals surface area contributed by atoms with E-state index in [9.17, 15) is 19.2 Å². The molecule has 3 rings (SSSR count). The van der Waals surface area contributed by atoms with Gasteiger partial charge in [-0.25, -0.2) is 0 Å². The van der Waals surface area contributed by atoms with Crippen molar-refractivity contribution in [3.05, 3.63) is 34.9 Å². The van der Waals surface area contributed by atoms with Crippen LogP contribution in [0.5, 0.6) is 0 Å². The van der Waals surface area contributed by atoms with Crippen LogP contribution in [0.3, 0.4) is 0 Å². The van der Waals surface area contributed by atoms with Crippen LogP contribution in [0.2, 0.25) is 0 Å². The number of nitrogens with one attached hydrogen (secondary N) is 2. The van der Waals surface area contributed by atoms with Crippen LogP contribution in [0.25, 0.3) is 0 Å². The van der Waals surface area contributed by atoms with Gasteiger partial charge in [-0.15, -0.1) is 0 Å². The van der Waals surface area contributed by atoms with Crippen LogP contribution in [-0.2, 0) is 27.5 Å². The van der Waals surface area contributed by atoms with Crippen LogP contribution >= 0.6 is 0 Å². The van der Waals surface area contributed by atoms with E-state index in [0.717, 1.165) is 11.1 Å². The van der Waals surface area contributed by atoms with Crippen molar-refractivity contribution in [1.29, 1.82) is 0 Å². The first-order chi connectivity index (χ1) is 11.0. The summed E-state index contributed by atoms with van der Waals surface area (Å²) in [6.45, 7) is 2.09. The Morgan fingerprint density at radius 1 is 1.35 bits per heavy atom. The second-order valence-corrected chi connectivity index (χ2v) is 5.75. The molecule has 120 valence electrons. The number of nitrogens with zero attached hydrogens (tertiary/aromatic N) is 1. The van der Waals surface area contributed by atoms with Gasteiger partial charge in [-0.05, 0) is 23.6 Å². The Labute approximate surface area is 133 Å². The Kier molecular flexibility index (Phi) is 3.85. The summed E-state index contributed by atoms with van der Waals surface area (Å²) in [5.74, 6) is -1.08. The number of rotatable bonds is 3. The zero-order valence-electron chi connectivity index (χ0n) is 12.7. The molecule has 0 bridgehead atoms. The van der Waals surface area contributed by atoms with Crippen molar-refractivity contribution < 1.29 is 19.2 Å². The molecule has 0 radical (unpaired) electrons. The number of hydrogen-bond acceptors (Lipinski definition) is 4. The quantitative estimate of drug-likeness (QED) is 0.772. The van der Waals surface area contributed by atoms with Gasteiger partial charge in [0.1, 0.15) is 6.04 Å². The molecule has 1 saturated heterocycles. The average Bonchev–Trinajstić information content (AvgIpc) is 2.83. The second kappa shape index (κ2) is 5.83. The van der Waals surface area contributed by atoms with Gasteiger partial charge >= 0.3 is 0 Å². The zero-order valence-corrected chi connectivity index (χ0v) is 12.7. The van der Waals surface area contributed by atoms with E-state index in [-0.39, 0.29) is 24.1 Å². The van der Waals surface area contributed by atoms with Crippen LogP contribution in [-0.4, -0.2) is 34.6 Å². The molecule has 1 unspecified atom stereocenters. The molecule has 2 aliphatic rings. The molecule has 7 nitrogen and oxygen atoms in total. The Hall–Kier alpha value is -2.70. The smallest absolute Gasteiger partial charge is 0.255 e. The SMILES string of the molecule is CC(=O)NCc1cccc2c1CN(C1CCC(=O)NC1=O)C2=O. The van der Waals surface area contributed by atoms with Gasteiger partial charge in [0, 0.05) is 32.0 Å². The van der Waals surface area contributed by atoms with Crippen LogP contribution in [0.1, 0.15) is 41.3 Å². The fourth-order valence-corrected chi connectivity index (χ4v) is 3.04. The van der Waals surface area contributed by atoms with Crippen LogP contribution in [0.4, 0.5) is 0 Å². The van der Waals surface area contributed by atoms with Gasteiger partial charge in [-0.2, -0.15) is 0 Å². The summed E-state index contributed by atoms with van der Waals surface area (Å²) in [5, 5.41) is 5.00. The highest BCUT2D eigenvalue weighted by atomic mass is 16.2. The molecule has 4 amide bonds. The lowest BCUT2D eigenvalue weighted by Crippen LogP contribution is -2.52. The number of benzene rings is 1. The molecule has 1 fully saturated rings. The third kappa shape index (κ3) is 2.81. The molecular formula is C16H17N3O4. The molecule has 1 atom stereocenters. The average molecular weight is 315 g/mol. The van der Waals surface area contributed by atoms with E-state index < -0.39 is 11.9 Å². The Morgan fingerprint density at radius 3 is 2.83 bits per heavy atom. The third-order valence-corrected chi connectivity index (χ3v) is 4.21. The van der Waals surface area contributed by atoms with Crippen molar-refractivity contribution in [3.8, 4) is 0 Å². The van der Waals surface area contributed by atoms with Crippen molar-refractivity contribution in [2.24, 2.45) is 0 Å². The normalized spacial score (nSPS) is 20.3. The number of amides is 4. The highest BCUT2D eigenvalue weighted by Gasteiger charge is 2.39. The predicted octanol–water partition coefficient (Wildman–Crippen LogP) is 0.0837. The number of carbonyl (C=O) groups excluding carboxylic acids is 4. The van der Waals surface area contributed by atoms with E-state index >= 15 is 0 Å². The minimum absolute atomic E-state index is 0.144. The fraction of sp³-hybridized carbons (Fsp3) is 0.375. The van der Waals surface area contributed by atoms with Crippen molar-refractivity contribution >= 4 is 23.6 Å². The maximum Gasteiger partial charge on any atom is 0.255 e. The Balaban J connectivity index is 1.84. The molecular weight excluding hydrogens is 298 g/mol. The zero-order chi connectivity index (χ0) is 16.6. The molecule has 0 aliphatic carbocycles. The van der Waals surface area contributed by atoms with E-state index in [2.05, 4.69) is 10.6 Å². The van der Waals surface area contributed by atoms with Gasteiger partial charge < -0.3 is 10.2 Å². The monoisotopic (exact) mass is 315 g/mol. The van der Waals surface area contributed by atoms with E-state index in [1.807, 2.05) is 6.07 Å². The first kappa shape index (κ1) is 15.2.